The Kier molecular flexibility index (Phi) is 6.38. The van der Waals surface area contributed by atoms with E-state index in [-0.39, 0.29) is 16.3 Å². The van der Waals surface area contributed by atoms with Crippen molar-refractivity contribution in [1.29, 1.82) is 0 Å². The van der Waals surface area contributed by atoms with Crippen LogP contribution in [0.2, 0.25) is 0 Å². The van der Waals surface area contributed by atoms with Crippen molar-refractivity contribution in [2.45, 2.75) is 18.7 Å². The van der Waals surface area contributed by atoms with Crippen LogP contribution in [-0.4, -0.2) is 22.9 Å². The summed E-state index contributed by atoms with van der Waals surface area (Å²) in [5, 5.41) is 3.20. The summed E-state index contributed by atoms with van der Waals surface area (Å²) in [4.78, 5) is 25.1. The number of aromatic nitrogens is 2. The first-order valence-electron chi connectivity index (χ1n) is 11.8. The molecule has 3 aromatic carbocycles. The van der Waals surface area contributed by atoms with E-state index in [4.69, 9.17) is 4.74 Å². The molecule has 0 saturated carbocycles. The quantitative estimate of drug-likeness (QED) is 0.323. The molecule has 2 aromatic heterocycles. The number of benzene rings is 3. The highest BCUT2D eigenvalue weighted by Gasteiger charge is 2.24. The van der Waals surface area contributed by atoms with E-state index in [1.54, 1.807) is 49.6 Å². The number of pyridine rings is 1. The lowest BCUT2D eigenvalue weighted by atomic mass is 10.0. The van der Waals surface area contributed by atoms with Gasteiger partial charge in [-0.05, 0) is 55.5 Å². The fourth-order valence-electron chi connectivity index (χ4n) is 4.29. The zero-order chi connectivity index (χ0) is 27.0. The van der Waals surface area contributed by atoms with Crippen LogP contribution >= 0.6 is 0 Å². The molecule has 0 aliphatic heterocycles. The van der Waals surface area contributed by atoms with Gasteiger partial charge >= 0.3 is 0 Å². The van der Waals surface area contributed by atoms with Crippen LogP contribution in [0.3, 0.4) is 0 Å². The zero-order valence-corrected chi connectivity index (χ0v) is 21.8. The lowest BCUT2D eigenvalue weighted by molar-refractivity contribution is -0.114. The largest absolute Gasteiger partial charge is 0.457 e. The van der Waals surface area contributed by atoms with Crippen LogP contribution in [0, 0.1) is 6.92 Å². The molecular formula is C29H25N3O5S. The predicted octanol–water partition coefficient (Wildman–Crippen LogP) is 5.30. The third-order valence-corrected chi connectivity index (χ3v) is 7.82. The molecule has 5 rings (SSSR count). The third-order valence-electron chi connectivity index (χ3n) is 6.13. The van der Waals surface area contributed by atoms with E-state index in [0.717, 1.165) is 9.54 Å². The lowest BCUT2D eigenvalue weighted by Crippen LogP contribution is -2.22. The standard InChI is InChI=1S/C29H25N3O5S/c1-19-9-12-23(13-10-19)38(35,36)32-16-15-24-26(18-31(3)29(34)28(24)32)25-17-21(30-20(2)33)11-14-27(25)37-22-7-5-4-6-8-22/h4-18H,1-3H3,(H,30,33). The second-order valence-electron chi connectivity index (χ2n) is 8.96. The average molecular weight is 528 g/mol. The van der Waals surface area contributed by atoms with Crippen LogP contribution in [0.1, 0.15) is 12.5 Å². The number of fused-ring (bicyclic) bond motifs is 1. The van der Waals surface area contributed by atoms with Crippen molar-refractivity contribution in [2.75, 3.05) is 5.32 Å². The minimum absolute atomic E-state index is 0.0150. The van der Waals surface area contributed by atoms with Crippen LogP contribution in [0.5, 0.6) is 11.5 Å². The molecule has 8 nitrogen and oxygen atoms in total. The number of ether oxygens (including phenoxy) is 1. The highest BCUT2D eigenvalue weighted by molar-refractivity contribution is 7.90. The van der Waals surface area contributed by atoms with Crippen molar-refractivity contribution < 1.29 is 17.9 Å². The Labute approximate surface area is 219 Å². The molecule has 0 spiro atoms. The van der Waals surface area contributed by atoms with Gasteiger partial charge < -0.3 is 14.6 Å². The van der Waals surface area contributed by atoms with Crippen molar-refractivity contribution in [3.63, 3.8) is 0 Å². The predicted molar refractivity (Wildman–Crippen MR) is 147 cm³/mol. The highest BCUT2D eigenvalue weighted by Crippen LogP contribution is 2.39. The van der Waals surface area contributed by atoms with Gasteiger partial charge in [0.15, 0.2) is 0 Å². The number of anilines is 1. The molecule has 5 aromatic rings. The first-order valence-corrected chi connectivity index (χ1v) is 13.3. The highest BCUT2D eigenvalue weighted by atomic mass is 32.2. The Bertz CT molecular complexity index is 1840. The molecule has 0 atom stereocenters. The van der Waals surface area contributed by atoms with E-state index in [9.17, 15) is 18.0 Å². The van der Waals surface area contributed by atoms with Gasteiger partial charge in [-0.3, -0.25) is 9.59 Å². The monoisotopic (exact) mass is 527 g/mol. The van der Waals surface area contributed by atoms with Crippen LogP contribution in [0.25, 0.3) is 22.0 Å². The maximum absolute atomic E-state index is 13.6. The Hall–Kier alpha value is -4.63. The average Bonchev–Trinajstić information content (AvgIpc) is 3.34. The number of nitrogens with one attached hydrogen (secondary N) is 1. The SMILES string of the molecule is CC(=O)Nc1ccc(Oc2ccccc2)c(-c2cn(C)c(=O)c3c2ccn3S(=O)(=O)c2ccc(C)cc2)c1. The van der Waals surface area contributed by atoms with Crippen LogP contribution in [-0.2, 0) is 21.9 Å². The number of hydrogen-bond donors (Lipinski definition) is 1. The van der Waals surface area contributed by atoms with Gasteiger partial charge in [0.25, 0.3) is 15.6 Å². The van der Waals surface area contributed by atoms with Crippen LogP contribution in [0.4, 0.5) is 5.69 Å². The molecule has 0 radical (unpaired) electrons. The van der Waals surface area contributed by atoms with Gasteiger partial charge in [0.05, 0.1) is 4.90 Å². The van der Waals surface area contributed by atoms with Crippen molar-refractivity contribution in [3.8, 4) is 22.6 Å². The number of para-hydroxylation sites is 1. The summed E-state index contributed by atoms with van der Waals surface area (Å²) >= 11 is 0. The number of nitrogens with zero attached hydrogens (tertiary/aromatic N) is 2. The van der Waals surface area contributed by atoms with Crippen molar-refractivity contribution in [2.24, 2.45) is 7.05 Å². The van der Waals surface area contributed by atoms with Gasteiger partial charge in [-0.1, -0.05) is 35.9 Å². The molecule has 38 heavy (non-hydrogen) atoms. The van der Waals surface area contributed by atoms with E-state index in [2.05, 4.69) is 5.32 Å². The summed E-state index contributed by atoms with van der Waals surface area (Å²) in [6, 6.07) is 22.5. The van der Waals surface area contributed by atoms with E-state index in [1.165, 1.54) is 29.8 Å². The topological polar surface area (TPSA) is 99.4 Å². The Morgan fingerprint density at radius 1 is 0.921 bits per heavy atom. The Balaban J connectivity index is 1.75. The molecule has 0 fully saturated rings. The normalized spacial score (nSPS) is 11.4. The molecular weight excluding hydrogens is 502 g/mol. The number of carbonyl (C=O) groups is 1. The zero-order valence-electron chi connectivity index (χ0n) is 21.0. The molecule has 192 valence electrons. The minimum Gasteiger partial charge on any atom is -0.457 e. The number of hydrogen-bond acceptors (Lipinski definition) is 5. The van der Waals surface area contributed by atoms with Crippen molar-refractivity contribution in [1.82, 2.24) is 8.54 Å². The molecule has 1 N–H and O–H groups in total. The number of carbonyl (C=O) groups excluding carboxylic acids is 1. The summed E-state index contributed by atoms with van der Waals surface area (Å²) in [5.74, 6) is 0.828. The Morgan fingerprint density at radius 3 is 2.32 bits per heavy atom. The van der Waals surface area contributed by atoms with Gasteiger partial charge in [0.2, 0.25) is 5.91 Å². The summed E-state index contributed by atoms with van der Waals surface area (Å²) in [7, 11) is -2.48. The summed E-state index contributed by atoms with van der Waals surface area (Å²) in [5.41, 5.74) is 2.14. The van der Waals surface area contributed by atoms with E-state index in [0.29, 0.717) is 33.7 Å². The number of aryl methyl sites for hydroxylation is 2. The lowest BCUT2D eigenvalue weighted by Gasteiger charge is -2.16. The van der Waals surface area contributed by atoms with Crippen LogP contribution < -0.4 is 15.6 Å². The van der Waals surface area contributed by atoms with Crippen molar-refractivity contribution in [3.05, 3.63) is 107 Å². The van der Waals surface area contributed by atoms with Gasteiger partial charge in [-0.15, -0.1) is 0 Å². The summed E-state index contributed by atoms with van der Waals surface area (Å²) < 4.78 is 35.7. The first-order chi connectivity index (χ1) is 18.1. The maximum Gasteiger partial charge on any atom is 0.275 e. The fourth-order valence-corrected chi connectivity index (χ4v) is 5.64. The second kappa shape index (κ2) is 9.68. The second-order valence-corrected chi connectivity index (χ2v) is 10.8. The van der Waals surface area contributed by atoms with Crippen LogP contribution in [0.15, 0.2) is 101 Å². The fraction of sp³-hybridized carbons (Fsp3) is 0.103. The first kappa shape index (κ1) is 25.0. The molecule has 2 heterocycles. The molecule has 0 bridgehead atoms. The summed E-state index contributed by atoms with van der Waals surface area (Å²) in [6.45, 7) is 3.28. The molecule has 0 unspecified atom stereocenters. The van der Waals surface area contributed by atoms with Gasteiger partial charge in [0.1, 0.15) is 17.0 Å². The molecule has 0 aliphatic rings. The maximum atomic E-state index is 13.6. The third kappa shape index (κ3) is 4.59. The van der Waals surface area contributed by atoms with Gasteiger partial charge in [-0.25, -0.2) is 12.4 Å². The number of amides is 1. The van der Waals surface area contributed by atoms with E-state index >= 15 is 0 Å². The molecule has 0 aliphatic carbocycles. The van der Waals surface area contributed by atoms with Gasteiger partial charge in [-0.2, -0.15) is 0 Å². The van der Waals surface area contributed by atoms with Gasteiger partial charge in [0, 0.05) is 48.6 Å². The van der Waals surface area contributed by atoms with Crippen molar-refractivity contribution >= 4 is 32.5 Å². The smallest absolute Gasteiger partial charge is 0.275 e. The summed E-state index contributed by atoms with van der Waals surface area (Å²) in [6.07, 6.45) is 3.03. The van der Waals surface area contributed by atoms with E-state index < -0.39 is 15.6 Å². The molecule has 9 heteroatoms. The number of rotatable bonds is 6. The molecule has 1 amide bonds. The Morgan fingerprint density at radius 2 is 1.63 bits per heavy atom. The minimum atomic E-state index is -4.04. The van der Waals surface area contributed by atoms with E-state index in [1.807, 2.05) is 37.3 Å². The molecule has 0 saturated heterocycles.